The van der Waals surface area contributed by atoms with Crippen molar-refractivity contribution in [1.82, 2.24) is 8.97 Å². The molecule has 0 aliphatic carbocycles. The SMILES string of the molecule is c1ccc2c(c1)Cc1cccc3c4c5oc6c(ccc7c6c6cccc8c9ccccc9n7c86)c5ccc4n-2c13. The van der Waals surface area contributed by atoms with E-state index in [0.717, 1.165) is 17.6 Å². The van der Waals surface area contributed by atoms with E-state index in [1.807, 2.05) is 0 Å². The van der Waals surface area contributed by atoms with Crippen LogP contribution in [0.1, 0.15) is 11.1 Å². The number of benzene rings is 6. The van der Waals surface area contributed by atoms with Crippen LogP contribution in [0.25, 0.3) is 87.5 Å². The fourth-order valence-electron chi connectivity index (χ4n) is 7.90. The third-order valence-electron chi connectivity index (χ3n) is 9.44. The van der Waals surface area contributed by atoms with Gasteiger partial charge in [-0.05, 0) is 47.5 Å². The van der Waals surface area contributed by atoms with Gasteiger partial charge in [-0.3, -0.25) is 0 Å². The van der Waals surface area contributed by atoms with Crippen molar-refractivity contribution in [2.75, 3.05) is 0 Å². The smallest absolute Gasteiger partial charge is 0.145 e. The van der Waals surface area contributed by atoms with E-state index in [-0.39, 0.29) is 0 Å². The predicted octanol–water partition coefficient (Wildman–Crippen LogP) is 9.74. The van der Waals surface area contributed by atoms with Gasteiger partial charge in [0.25, 0.3) is 0 Å². The predicted molar refractivity (Wildman–Crippen MR) is 166 cm³/mol. The van der Waals surface area contributed by atoms with E-state index in [1.165, 1.54) is 87.5 Å². The van der Waals surface area contributed by atoms with Crippen molar-refractivity contribution < 1.29 is 4.42 Å². The van der Waals surface area contributed by atoms with Crippen molar-refractivity contribution in [3.05, 3.63) is 120 Å². The van der Waals surface area contributed by atoms with Crippen LogP contribution in [-0.2, 0) is 6.42 Å². The average Bonchev–Trinajstić information content (AvgIpc) is 3.73. The molecular formula is C37H20N2O. The zero-order valence-corrected chi connectivity index (χ0v) is 21.4. The summed E-state index contributed by atoms with van der Waals surface area (Å²) in [6, 6.07) is 40.1. The van der Waals surface area contributed by atoms with Crippen molar-refractivity contribution in [3.63, 3.8) is 0 Å². The molecule has 184 valence electrons. The van der Waals surface area contributed by atoms with Gasteiger partial charge in [-0.15, -0.1) is 0 Å². The first-order chi connectivity index (χ1) is 19.9. The lowest BCUT2D eigenvalue weighted by molar-refractivity contribution is 0.677. The highest BCUT2D eigenvalue weighted by Crippen LogP contribution is 2.47. The Kier molecular flexibility index (Phi) is 3.19. The number of nitrogens with zero attached hydrogens (tertiary/aromatic N) is 2. The van der Waals surface area contributed by atoms with E-state index >= 15 is 0 Å². The number of furan rings is 1. The van der Waals surface area contributed by atoms with Gasteiger partial charge < -0.3 is 13.4 Å². The topological polar surface area (TPSA) is 22.5 Å². The van der Waals surface area contributed by atoms with Gasteiger partial charge in [0.2, 0.25) is 0 Å². The molecule has 0 saturated carbocycles. The molecule has 6 aromatic carbocycles. The number of aromatic nitrogens is 2. The molecule has 1 aliphatic rings. The molecule has 0 unspecified atom stereocenters. The summed E-state index contributed by atoms with van der Waals surface area (Å²) in [5, 5.41) is 9.87. The Morgan fingerprint density at radius 1 is 0.450 bits per heavy atom. The summed E-state index contributed by atoms with van der Waals surface area (Å²) < 4.78 is 11.9. The van der Waals surface area contributed by atoms with Gasteiger partial charge in [-0.1, -0.05) is 72.8 Å². The summed E-state index contributed by atoms with van der Waals surface area (Å²) in [5.41, 5.74) is 12.2. The Labute approximate surface area is 227 Å². The highest BCUT2D eigenvalue weighted by molar-refractivity contribution is 6.32. The standard InChI is InChI=1S/C37H20N2O/c1-3-13-28-20(7-1)19-21-8-5-11-26-32-30(38(28)34(21)26)17-15-24-25-16-18-31-33(37(25)40-36(24)32)27-12-6-10-23-22-9-2-4-14-29(22)39(31)35(23)27/h1-18H,19H2. The summed E-state index contributed by atoms with van der Waals surface area (Å²) in [7, 11) is 0. The second-order valence-electron chi connectivity index (χ2n) is 11.3. The normalized spacial score (nSPS) is 13.4. The maximum absolute atomic E-state index is 7.04. The van der Waals surface area contributed by atoms with Gasteiger partial charge in [-0.25, -0.2) is 0 Å². The van der Waals surface area contributed by atoms with Gasteiger partial charge in [0.05, 0.1) is 38.4 Å². The largest absolute Gasteiger partial charge is 0.455 e. The molecule has 0 fully saturated rings. The molecule has 0 saturated heterocycles. The van der Waals surface area contributed by atoms with Crippen LogP contribution in [0.15, 0.2) is 114 Å². The molecule has 0 spiro atoms. The van der Waals surface area contributed by atoms with Crippen LogP contribution < -0.4 is 0 Å². The lowest BCUT2D eigenvalue weighted by Crippen LogP contribution is -2.07. The van der Waals surface area contributed by atoms with Crippen LogP contribution in [0.5, 0.6) is 0 Å². The molecule has 0 radical (unpaired) electrons. The fourth-order valence-corrected chi connectivity index (χ4v) is 7.90. The van der Waals surface area contributed by atoms with Crippen molar-refractivity contribution in [2.24, 2.45) is 0 Å². The van der Waals surface area contributed by atoms with E-state index in [2.05, 4.69) is 118 Å². The number of hydrogen-bond donors (Lipinski definition) is 0. The Morgan fingerprint density at radius 3 is 2.00 bits per heavy atom. The highest BCUT2D eigenvalue weighted by atomic mass is 16.3. The van der Waals surface area contributed by atoms with Crippen LogP contribution >= 0.6 is 0 Å². The minimum absolute atomic E-state index is 0.955. The Hall–Kier alpha value is -5.28. The molecule has 0 bridgehead atoms. The fraction of sp³-hybridized carbons (Fsp3) is 0.0270. The third-order valence-corrected chi connectivity index (χ3v) is 9.44. The zero-order chi connectivity index (χ0) is 25.7. The van der Waals surface area contributed by atoms with E-state index in [0.29, 0.717) is 0 Å². The molecule has 11 rings (SSSR count). The number of para-hydroxylation sites is 4. The van der Waals surface area contributed by atoms with E-state index in [1.54, 1.807) is 0 Å². The van der Waals surface area contributed by atoms with Gasteiger partial charge >= 0.3 is 0 Å². The van der Waals surface area contributed by atoms with Crippen LogP contribution in [0.3, 0.4) is 0 Å². The van der Waals surface area contributed by atoms with Crippen LogP contribution in [0.2, 0.25) is 0 Å². The molecule has 3 heteroatoms. The van der Waals surface area contributed by atoms with Crippen molar-refractivity contribution in [1.29, 1.82) is 0 Å². The van der Waals surface area contributed by atoms with E-state index in [9.17, 15) is 0 Å². The minimum atomic E-state index is 0.955. The zero-order valence-electron chi connectivity index (χ0n) is 21.4. The van der Waals surface area contributed by atoms with Crippen LogP contribution in [0.4, 0.5) is 0 Å². The third kappa shape index (κ3) is 2.05. The summed E-state index contributed by atoms with van der Waals surface area (Å²) in [6.45, 7) is 0. The molecule has 4 aromatic heterocycles. The van der Waals surface area contributed by atoms with Gasteiger partial charge in [0, 0.05) is 44.4 Å². The second kappa shape index (κ2) is 6.47. The average molecular weight is 509 g/mol. The van der Waals surface area contributed by atoms with Gasteiger partial charge in [-0.2, -0.15) is 0 Å². The molecule has 3 nitrogen and oxygen atoms in total. The number of hydrogen-bond acceptors (Lipinski definition) is 1. The minimum Gasteiger partial charge on any atom is -0.455 e. The van der Waals surface area contributed by atoms with Crippen LogP contribution in [-0.4, -0.2) is 8.97 Å². The molecule has 40 heavy (non-hydrogen) atoms. The van der Waals surface area contributed by atoms with Crippen molar-refractivity contribution in [3.8, 4) is 5.69 Å². The molecule has 0 N–H and O–H groups in total. The quantitative estimate of drug-likeness (QED) is 0.200. The molecule has 1 aliphatic heterocycles. The summed E-state index contributed by atoms with van der Waals surface area (Å²) >= 11 is 0. The Balaban J connectivity index is 1.36. The number of rotatable bonds is 0. The first kappa shape index (κ1) is 19.7. The second-order valence-corrected chi connectivity index (χ2v) is 11.3. The molecule has 0 amide bonds. The Morgan fingerprint density at radius 2 is 1.10 bits per heavy atom. The highest BCUT2D eigenvalue weighted by Gasteiger charge is 2.26. The molecule has 10 aromatic rings. The molecule has 5 heterocycles. The number of fused-ring (bicyclic) bond motifs is 16. The molecular weight excluding hydrogens is 488 g/mol. The van der Waals surface area contributed by atoms with Crippen molar-refractivity contribution in [2.45, 2.75) is 6.42 Å². The molecule has 0 atom stereocenters. The lowest BCUT2D eigenvalue weighted by atomic mass is 9.97. The Bertz CT molecular complexity index is 2730. The first-order valence-corrected chi connectivity index (χ1v) is 13.9. The van der Waals surface area contributed by atoms with E-state index in [4.69, 9.17) is 4.42 Å². The van der Waals surface area contributed by atoms with Gasteiger partial charge in [0.1, 0.15) is 11.2 Å². The maximum atomic E-state index is 7.04. The maximum Gasteiger partial charge on any atom is 0.145 e. The summed E-state index contributed by atoms with van der Waals surface area (Å²) in [4.78, 5) is 0. The van der Waals surface area contributed by atoms with Crippen LogP contribution in [0, 0.1) is 0 Å². The monoisotopic (exact) mass is 508 g/mol. The summed E-state index contributed by atoms with van der Waals surface area (Å²) in [6.07, 6.45) is 0.955. The van der Waals surface area contributed by atoms with Crippen molar-refractivity contribution >= 4 is 81.8 Å². The summed E-state index contributed by atoms with van der Waals surface area (Å²) in [5.74, 6) is 0. The van der Waals surface area contributed by atoms with E-state index < -0.39 is 0 Å². The van der Waals surface area contributed by atoms with Gasteiger partial charge in [0.15, 0.2) is 0 Å². The lowest BCUT2D eigenvalue weighted by Gasteiger charge is -2.20. The first-order valence-electron chi connectivity index (χ1n) is 13.9.